The molecule has 1 amide bonds. The van der Waals surface area contributed by atoms with Gasteiger partial charge in [-0.05, 0) is 50.5 Å². The first-order valence-corrected chi connectivity index (χ1v) is 9.15. The number of rotatable bonds is 5. The van der Waals surface area contributed by atoms with Crippen LogP contribution in [0, 0.1) is 13.8 Å². The maximum Gasteiger partial charge on any atom is 0.227 e. The Kier molecular flexibility index (Phi) is 5.36. The molecule has 134 valence electrons. The van der Waals surface area contributed by atoms with Crippen molar-refractivity contribution < 1.29 is 4.79 Å². The first-order valence-electron chi connectivity index (χ1n) is 9.15. The fourth-order valence-corrected chi connectivity index (χ4v) is 3.42. The Bertz CT molecular complexity index is 916. The fourth-order valence-electron chi connectivity index (χ4n) is 3.42. The smallest absolute Gasteiger partial charge is 0.227 e. The van der Waals surface area contributed by atoms with E-state index in [1.165, 1.54) is 0 Å². The Morgan fingerprint density at radius 3 is 2.35 bits per heavy atom. The highest BCUT2D eigenvalue weighted by molar-refractivity contribution is 5.86. The molecule has 0 radical (unpaired) electrons. The number of carbonyl (C=O) groups is 1. The highest BCUT2D eigenvalue weighted by atomic mass is 16.2. The molecule has 0 spiro atoms. The van der Waals surface area contributed by atoms with Gasteiger partial charge in [-0.3, -0.25) is 9.78 Å². The van der Waals surface area contributed by atoms with E-state index < -0.39 is 0 Å². The minimum Gasteiger partial charge on any atom is -0.336 e. The molecule has 1 aromatic heterocycles. The number of aryl methyl sites for hydroxylation is 2. The van der Waals surface area contributed by atoms with E-state index in [2.05, 4.69) is 39.0 Å². The van der Waals surface area contributed by atoms with Crippen LogP contribution in [-0.4, -0.2) is 21.8 Å². The van der Waals surface area contributed by atoms with Crippen molar-refractivity contribution in [3.8, 4) is 0 Å². The molecule has 1 heterocycles. The van der Waals surface area contributed by atoms with Gasteiger partial charge < -0.3 is 4.90 Å². The lowest BCUT2D eigenvalue weighted by Gasteiger charge is -2.27. The second-order valence-electron chi connectivity index (χ2n) is 7.10. The van der Waals surface area contributed by atoms with Crippen molar-refractivity contribution in [1.82, 2.24) is 9.88 Å². The standard InChI is InChI=1S/C23H26N2O/c1-16(2)25(15-19-10-6-5-7-11-19)23(26)14-21-17(3)20-12-8-9-13-22(20)24-18(21)4/h5-13,16H,14-15H2,1-4H3. The summed E-state index contributed by atoms with van der Waals surface area (Å²) in [4.78, 5) is 19.8. The SMILES string of the molecule is Cc1nc2ccccc2c(C)c1CC(=O)N(Cc1ccccc1)C(C)C. The van der Waals surface area contributed by atoms with Crippen LogP contribution in [0.2, 0.25) is 0 Å². The van der Waals surface area contributed by atoms with Gasteiger partial charge in [-0.15, -0.1) is 0 Å². The average Bonchev–Trinajstić information content (AvgIpc) is 2.63. The highest BCUT2D eigenvalue weighted by Crippen LogP contribution is 2.24. The number of aromatic nitrogens is 1. The van der Waals surface area contributed by atoms with Crippen LogP contribution in [0.5, 0.6) is 0 Å². The number of pyridine rings is 1. The van der Waals surface area contributed by atoms with E-state index >= 15 is 0 Å². The summed E-state index contributed by atoms with van der Waals surface area (Å²) >= 11 is 0. The predicted octanol–water partition coefficient (Wildman–Crippen LogP) is 4.83. The van der Waals surface area contributed by atoms with Crippen molar-refractivity contribution in [3.05, 3.63) is 77.0 Å². The number of amides is 1. The first kappa shape index (κ1) is 18.1. The van der Waals surface area contributed by atoms with Gasteiger partial charge in [0, 0.05) is 23.7 Å². The molecular weight excluding hydrogens is 320 g/mol. The summed E-state index contributed by atoms with van der Waals surface area (Å²) in [5, 5.41) is 1.13. The van der Waals surface area contributed by atoms with Crippen LogP contribution in [0.4, 0.5) is 0 Å². The first-order chi connectivity index (χ1) is 12.5. The maximum atomic E-state index is 13.1. The van der Waals surface area contributed by atoms with Crippen molar-refractivity contribution in [1.29, 1.82) is 0 Å². The van der Waals surface area contributed by atoms with Crippen LogP contribution in [-0.2, 0) is 17.8 Å². The lowest BCUT2D eigenvalue weighted by Crippen LogP contribution is -2.37. The van der Waals surface area contributed by atoms with Crippen molar-refractivity contribution >= 4 is 16.8 Å². The summed E-state index contributed by atoms with van der Waals surface area (Å²) < 4.78 is 0. The van der Waals surface area contributed by atoms with Crippen LogP contribution in [0.25, 0.3) is 10.9 Å². The molecule has 0 aliphatic carbocycles. The third kappa shape index (κ3) is 3.77. The predicted molar refractivity (Wildman–Crippen MR) is 107 cm³/mol. The molecule has 3 heteroatoms. The second-order valence-corrected chi connectivity index (χ2v) is 7.10. The Morgan fingerprint density at radius 2 is 1.65 bits per heavy atom. The minimum atomic E-state index is 0.145. The Balaban J connectivity index is 1.89. The monoisotopic (exact) mass is 346 g/mol. The molecule has 0 aliphatic heterocycles. The molecule has 3 nitrogen and oxygen atoms in total. The number of hydrogen-bond donors (Lipinski definition) is 0. The van der Waals surface area contributed by atoms with Gasteiger partial charge in [0.25, 0.3) is 0 Å². The molecule has 2 aromatic carbocycles. The molecule has 0 saturated carbocycles. The summed E-state index contributed by atoms with van der Waals surface area (Å²) in [7, 11) is 0. The van der Waals surface area contributed by atoms with Crippen LogP contribution in [0.1, 0.15) is 36.2 Å². The Labute approximate surface area is 155 Å². The fraction of sp³-hybridized carbons (Fsp3) is 0.304. The van der Waals surface area contributed by atoms with E-state index in [1.807, 2.05) is 48.2 Å². The Hall–Kier alpha value is -2.68. The van der Waals surface area contributed by atoms with Gasteiger partial charge in [-0.2, -0.15) is 0 Å². The molecule has 0 fully saturated rings. The summed E-state index contributed by atoms with van der Waals surface area (Å²) in [6.45, 7) is 8.87. The Morgan fingerprint density at radius 1 is 1.00 bits per heavy atom. The van der Waals surface area contributed by atoms with Gasteiger partial charge in [0.15, 0.2) is 0 Å². The number of hydrogen-bond acceptors (Lipinski definition) is 2. The zero-order valence-corrected chi connectivity index (χ0v) is 16.0. The quantitative estimate of drug-likeness (QED) is 0.663. The molecule has 0 bridgehead atoms. The van der Waals surface area contributed by atoms with Gasteiger partial charge in [-0.25, -0.2) is 0 Å². The number of carbonyl (C=O) groups excluding carboxylic acids is 1. The van der Waals surface area contributed by atoms with Crippen molar-refractivity contribution in [2.45, 2.75) is 46.7 Å². The van der Waals surface area contributed by atoms with Crippen molar-refractivity contribution in [2.24, 2.45) is 0 Å². The van der Waals surface area contributed by atoms with Gasteiger partial charge in [-0.1, -0.05) is 48.5 Å². The third-order valence-corrected chi connectivity index (χ3v) is 4.95. The van der Waals surface area contributed by atoms with Crippen LogP contribution in [0.15, 0.2) is 54.6 Å². The summed E-state index contributed by atoms with van der Waals surface area (Å²) in [6, 6.07) is 18.4. The highest BCUT2D eigenvalue weighted by Gasteiger charge is 2.20. The number of fused-ring (bicyclic) bond motifs is 1. The average molecular weight is 346 g/mol. The van der Waals surface area contributed by atoms with Crippen LogP contribution < -0.4 is 0 Å². The minimum absolute atomic E-state index is 0.145. The molecular formula is C23H26N2O. The lowest BCUT2D eigenvalue weighted by molar-refractivity contribution is -0.132. The third-order valence-electron chi connectivity index (χ3n) is 4.95. The van der Waals surface area contributed by atoms with Gasteiger partial charge in [0.1, 0.15) is 0 Å². The van der Waals surface area contributed by atoms with Crippen molar-refractivity contribution in [3.63, 3.8) is 0 Å². The molecule has 3 aromatic rings. The van der Waals surface area contributed by atoms with E-state index in [0.717, 1.165) is 33.3 Å². The normalized spacial score (nSPS) is 11.1. The molecule has 0 atom stereocenters. The van der Waals surface area contributed by atoms with Crippen LogP contribution >= 0.6 is 0 Å². The second kappa shape index (κ2) is 7.69. The molecule has 3 rings (SSSR count). The number of benzene rings is 2. The van der Waals surface area contributed by atoms with E-state index in [-0.39, 0.29) is 11.9 Å². The molecule has 26 heavy (non-hydrogen) atoms. The van der Waals surface area contributed by atoms with E-state index in [1.54, 1.807) is 0 Å². The summed E-state index contributed by atoms with van der Waals surface area (Å²) in [5.74, 6) is 0.145. The largest absolute Gasteiger partial charge is 0.336 e. The van der Waals surface area contributed by atoms with Gasteiger partial charge >= 0.3 is 0 Å². The molecule has 0 aliphatic rings. The zero-order valence-electron chi connectivity index (χ0n) is 16.0. The van der Waals surface area contributed by atoms with E-state index in [4.69, 9.17) is 4.98 Å². The van der Waals surface area contributed by atoms with Crippen LogP contribution in [0.3, 0.4) is 0 Å². The lowest BCUT2D eigenvalue weighted by atomic mass is 9.98. The van der Waals surface area contributed by atoms with E-state index in [0.29, 0.717) is 13.0 Å². The van der Waals surface area contributed by atoms with Gasteiger partial charge in [0.05, 0.1) is 11.9 Å². The molecule has 0 saturated heterocycles. The maximum absolute atomic E-state index is 13.1. The topological polar surface area (TPSA) is 33.2 Å². The summed E-state index contributed by atoms with van der Waals surface area (Å²) in [6.07, 6.45) is 0.389. The summed E-state index contributed by atoms with van der Waals surface area (Å²) in [5.41, 5.74) is 5.29. The van der Waals surface area contributed by atoms with E-state index in [9.17, 15) is 4.79 Å². The van der Waals surface area contributed by atoms with Crippen molar-refractivity contribution in [2.75, 3.05) is 0 Å². The number of nitrogens with zero attached hydrogens (tertiary/aromatic N) is 2. The molecule has 0 unspecified atom stereocenters. The number of para-hydroxylation sites is 1. The zero-order chi connectivity index (χ0) is 18.7. The molecule has 0 N–H and O–H groups in total. The van der Waals surface area contributed by atoms with Gasteiger partial charge in [0.2, 0.25) is 5.91 Å².